The average molecular weight is 309 g/mol. The number of aliphatic hydroxyl groups excluding tert-OH is 1. The molecule has 0 fully saturated rings. The van der Waals surface area contributed by atoms with Gasteiger partial charge in [0.05, 0.1) is 5.92 Å². The third kappa shape index (κ3) is 3.67. The van der Waals surface area contributed by atoms with Crippen molar-refractivity contribution in [3.8, 4) is 0 Å². The summed E-state index contributed by atoms with van der Waals surface area (Å²) >= 11 is 1.77. The Morgan fingerprint density at radius 3 is 2.90 bits per heavy atom. The number of carbonyl (C=O) groups excluding carboxylic acids is 1. The normalized spacial score (nSPS) is 18.3. The molecular weight excluding hydrogens is 282 g/mol. The summed E-state index contributed by atoms with van der Waals surface area (Å²) in [5.41, 5.74) is 1.28. The quantitative estimate of drug-likeness (QED) is 0.810. The molecule has 1 heterocycles. The summed E-state index contributed by atoms with van der Waals surface area (Å²) in [5.74, 6) is 0.194. The Morgan fingerprint density at radius 2 is 2.24 bits per heavy atom. The lowest BCUT2D eigenvalue weighted by atomic mass is 9.79. The van der Waals surface area contributed by atoms with Crippen molar-refractivity contribution in [3.05, 3.63) is 21.9 Å². The van der Waals surface area contributed by atoms with Crippen molar-refractivity contribution in [3.63, 3.8) is 0 Å². The van der Waals surface area contributed by atoms with E-state index >= 15 is 0 Å². The molecule has 1 aliphatic carbocycles. The van der Waals surface area contributed by atoms with Crippen LogP contribution >= 0.6 is 11.3 Å². The van der Waals surface area contributed by atoms with Crippen molar-refractivity contribution < 1.29 is 9.90 Å². The molecule has 0 saturated carbocycles. The molecule has 0 bridgehead atoms. The fraction of sp³-hybridized carbons (Fsp3) is 0.706. The number of hydrogen-bond acceptors (Lipinski definition) is 3. The van der Waals surface area contributed by atoms with E-state index in [4.69, 9.17) is 0 Å². The molecule has 0 aliphatic heterocycles. The molecule has 2 N–H and O–H groups in total. The highest BCUT2D eigenvalue weighted by atomic mass is 32.1. The molecule has 0 radical (unpaired) electrons. The molecule has 1 aromatic heterocycles. The highest BCUT2D eigenvalue weighted by Gasteiger charge is 2.30. The van der Waals surface area contributed by atoms with Crippen LogP contribution in [0.15, 0.2) is 11.4 Å². The van der Waals surface area contributed by atoms with Crippen LogP contribution in [0.3, 0.4) is 0 Å². The van der Waals surface area contributed by atoms with E-state index in [0.29, 0.717) is 6.54 Å². The van der Waals surface area contributed by atoms with E-state index in [1.165, 1.54) is 10.4 Å². The van der Waals surface area contributed by atoms with Gasteiger partial charge >= 0.3 is 0 Å². The summed E-state index contributed by atoms with van der Waals surface area (Å²) in [6.45, 7) is 5.15. The van der Waals surface area contributed by atoms with Gasteiger partial charge in [-0.3, -0.25) is 4.79 Å². The van der Waals surface area contributed by atoms with Gasteiger partial charge in [-0.1, -0.05) is 13.8 Å². The first-order chi connectivity index (χ1) is 10.2. The Labute approximate surface area is 131 Å². The van der Waals surface area contributed by atoms with Gasteiger partial charge in [-0.25, -0.2) is 0 Å². The van der Waals surface area contributed by atoms with E-state index < -0.39 is 0 Å². The molecule has 2 rings (SSSR count). The fourth-order valence-corrected chi connectivity index (χ4v) is 4.32. The zero-order chi connectivity index (χ0) is 15.3. The third-order valence-electron chi connectivity index (χ3n) is 5.15. The second-order valence-corrected chi connectivity index (χ2v) is 7.14. The predicted molar refractivity (Wildman–Crippen MR) is 87.7 cm³/mol. The van der Waals surface area contributed by atoms with Crippen LogP contribution in [0.5, 0.6) is 0 Å². The summed E-state index contributed by atoms with van der Waals surface area (Å²) in [7, 11) is 0. The molecule has 0 saturated heterocycles. The number of fused-ring (bicyclic) bond motifs is 1. The van der Waals surface area contributed by atoms with Crippen LogP contribution in [0.2, 0.25) is 0 Å². The molecule has 1 amide bonds. The number of carbonyl (C=O) groups is 1. The standard InChI is InChI=1S/C17H27NO2S/c1-3-17(4-2,9-10-19)12-18-16(20)14-6-5-7-15-13(14)8-11-21-15/h8,11,14,19H,3-7,9-10,12H2,1-2H3,(H,18,20). The summed E-state index contributed by atoms with van der Waals surface area (Å²) < 4.78 is 0. The topological polar surface area (TPSA) is 49.3 Å². The van der Waals surface area contributed by atoms with Crippen LogP contribution in [0.4, 0.5) is 0 Å². The molecule has 1 atom stereocenters. The van der Waals surface area contributed by atoms with Crippen LogP contribution in [0.1, 0.15) is 62.3 Å². The van der Waals surface area contributed by atoms with E-state index in [0.717, 1.165) is 38.5 Å². The Bertz CT molecular complexity index is 465. The lowest BCUT2D eigenvalue weighted by molar-refractivity contribution is -0.123. The van der Waals surface area contributed by atoms with Gasteiger partial charge in [0.25, 0.3) is 0 Å². The number of nitrogens with one attached hydrogen (secondary N) is 1. The van der Waals surface area contributed by atoms with Crippen molar-refractivity contribution in [2.75, 3.05) is 13.2 Å². The van der Waals surface area contributed by atoms with Crippen LogP contribution in [0, 0.1) is 5.41 Å². The van der Waals surface area contributed by atoms with E-state index in [9.17, 15) is 9.90 Å². The monoisotopic (exact) mass is 309 g/mol. The smallest absolute Gasteiger partial charge is 0.227 e. The summed E-state index contributed by atoms with van der Waals surface area (Å²) in [6, 6.07) is 2.12. The minimum absolute atomic E-state index is 0.0283. The van der Waals surface area contributed by atoms with Gasteiger partial charge < -0.3 is 10.4 Å². The van der Waals surface area contributed by atoms with Gasteiger partial charge in [-0.05, 0) is 60.9 Å². The number of aliphatic hydroxyl groups is 1. The molecule has 3 nitrogen and oxygen atoms in total. The molecule has 118 valence electrons. The minimum atomic E-state index is 0.0283. The zero-order valence-electron chi connectivity index (χ0n) is 13.2. The molecule has 1 unspecified atom stereocenters. The first-order valence-corrected chi connectivity index (χ1v) is 8.98. The maximum absolute atomic E-state index is 12.6. The van der Waals surface area contributed by atoms with Crippen LogP contribution in [-0.4, -0.2) is 24.2 Å². The second-order valence-electron chi connectivity index (χ2n) is 6.14. The largest absolute Gasteiger partial charge is 0.396 e. The first-order valence-electron chi connectivity index (χ1n) is 8.10. The number of hydrogen-bond donors (Lipinski definition) is 2. The number of aryl methyl sites for hydroxylation is 1. The first kappa shape index (κ1) is 16.5. The van der Waals surface area contributed by atoms with Crippen LogP contribution in [-0.2, 0) is 11.2 Å². The van der Waals surface area contributed by atoms with Crippen molar-refractivity contribution in [2.24, 2.45) is 5.41 Å². The lowest BCUT2D eigenvalue weighted by Gasteiger charge is -2.32. The van der Waals surface area contributed by atoms with Crippen molar-refractivity contribution in [1.82, 2.24) is 5.32 Å². The summed E-state index contributed by atoms with van der Waals surface area (Å²) in [5, 5.41) is 14.5. The highest BCUT2D eigenvalue weighted by Crippen LogP contribution is 2.35. The Balaban J connectivity index is 1.99. The van der Waals surface area contributed by atoms with Crippen molar-refractivity contribution >= 4 is 17.2 Å². The molecule has 1 aliphatic rings. The van der Waals surface area contributed by atoms with Gasteiger partial charge in [0, 0.05) is 18.0 Å². The van der Waals surface area contributed by atoms with Gasteiger partial charge in [-0.15, -0.1) is 11.3 Å². The van der Waals surface area contributed by atoms with Gasteiger partial charge in [-0.2, -0.15) is 0 Å². The molecule has 0 spiro atoms. The van der Waals surface area contributed by atoms with Crippen molar-refractivity contribution in [2.45, 2.75) is 58.3 Å². The van der Waals surface area contributed by atoms with E-state index in [-0.39, 0.29) is 23.8 Å². The van der Waals surface area contributed by atoms with Crippen molar-refractivity contribution in [1.29, 1.82) is 0 Å². The maximum atomic E-state index is 12.6. The molecule has 1 aromatic rings. The predicted octanol–water partition coefficient (Wildman–Crippen LogP) is 3.47. The van der Waals surface area contributed by atoms with Crippen LogP contribution < -0.4 is 5.32 Å². The van der Waals surface area contributed by atoms with Gasteiger partial charge in [0.2, 0.25) is 5.91 Å². The van der Waals surface area contributed by atoms with Gasteiger partial charge in [0.1, 0.15) is 0 Å². The average Bonchev–Trinajstić information content (AvgIpc) is 2.99. The fourth-order valence-electron chi connectivity index (χ4n) is 3.34. The highest BCUT2D eigenvalue weighted by molar-refractivity contribution is 7.10. The molecule has 0 aromatic carbocycles. The molecular formula is C17H27NO2S. The Morgan fingerprint density at radius 1 is 1.48 bits per heavy atom. The maximum Gasteiger partial charge on any atom is 0.227 e. The van der Waals surface area contributed by atoms with Gasteiger partial charge in [0.15, 0.2) is 0 Å². The number of amides is 1. The van der Waals surface area contributed by atoms with E-state index in [1.807, 2.05) is 0 Å². The third-order valence-corrected chi connectivity index (χ3v) is 6.14. The second kappa shape index (κ2) is 7.41. The van der Waals surface area contributed by atoms with Crippen LogP contribution in [0.25, 0.3) is 0 Å². The number of rotatable bonds is 7. The van der Waals surface area contributed by atoms with E-state index in [1.54, 1.807) is 11.3 Å². The minimum Gasteiger partial charge on any atom is -0.396 e. The summed E-state index contributed by atoms with van der Waals surface area (Å²) in [6.07, 6.45) is 5.91. The van der Waals surface area contributed by atoms with E-state index in [2.05, 4.69) is 30.6 Å². The molecule has 21 heavy (non-hydrogen) atoms. The summed E-state index contributed by atoms with van der Waals surface area (Å²) in [4.78, 5) is 14.0. The lowest BCUT2D eigenvalue weighted by Crippen LogP contribution is -2.40. The Hall–Kier alpha value is -0.870. The number of thiophene rings is 1. The molecule has 4 heteroatoms. The Kier molecular flexibility index (Phi) is 5.82. The zero-order valence-corrected chi connectivity index (χ0v) is 14.0. The SMILES string of the molecule is CCC(CC)(CCO)CNC(=O)C1CCCc2sccc21.